The third kappa shape index (κ3) is 2.42. The number of hydrogen-bond donors (Lipinski definition) is 0. The Morgan fingerprint density at radius 1 is 0.962 bits per heavy atom. The standard InChI is InChI=1S/C21H25N5/c1-6-16(7-2)17-12-13(3)24-26-20(15(5)23-21(17)26)19-14(4)22-18-10-8-9-11-25(18)19/h8-12,16H,6-7H2,1-5H3. The smallest absolute Gasteiger partial charge is 0.158 e. The van der Waals surface area contributed by atoms with Gasteiger partial charge < -0.3 is 0 Å². The van der Waals surface area contributed by atoms with Gasteiger partial charge in [-0.15, -0.1) is 0 Å². The van der Waals surface area contributed by atoms with Crippen molar-refractivity contribution >= 4 is 11.3 Å². The first-order chi connectivity index (χ1) is 12.5. The quantitative estimate of drug-likeness (QED) is 0.529. The molecule has 0 amide bonds. The Labute approximate surface area is 153 Å². The van der Waals surface area contributed by atoms with E-state index < -0.39 is 0 Å². The molecule has 0 saturated heterocycles. The summed E-state index contributed by atoms with van der Waals surface area (Å²) in [5.41, 5.74) is 8.32. The van der Waals surface area contributed by atoms with E-state index in [0.717, 1.165) is 52.6 Å². The molecule has 26 heavy (non-hydrogen) atoms. The SMILES string of the molecule is CCC(CC)c1cc(C)nn2c(-c3c(C)nc4ccccn34)c(C)nc12. The van der Waals surface area contributed by atoms with Crippen LogP contribution in [0.4, 0.5) is 0 Å². The lowest BCUT2D eigenvalue weighted by Crippen LogP contribution is -2.05. The van der Waals surface area contributed by atoms with Crippen LogP contribution in [0.25, 0.3) is 22.7 Å². The Bertz CT molecular complexity index is 1100. The van der Waals surface area contributed by atoms with Gasteiger partial charge in [-0.3, -0.25) is 4.40 Å². The molecule has 0 atom stereocenters. The molecule has 0 N–H and O–H groups in total. The number of aromatic nitrogens is 5. The number of fused-ring (bicyclic) bond motifs is 2. The van der Waals surface area contributed by atoms with Gasteiger partial charge in [-0.2, -0.15) is 5.10 Å². The van der Waals surface area contributed by atoms with E-state index in [-0.39, 0.29) is 0 Å². The Kier molecular flexibility index (Phi) is 4.02. The zero-order valence-electron chi connectivity index (χ0n) is 16.1. The first-order valence-corrected chi connectivity index (χ1v) is 9.36. The molecular weight excluding hydrogens is 322 g/mol. The van der Waals surface area contributed by atoms with Gasteiger partial charge in [0, 0.05) is 11.8 Å². The van der Waals surface area contributed by atoms with Crippen LogP contribution < -0.4 is 0 Å². The van der Waals surface area contributed by atoms with E-state index in [4.69, 9.17) is 15.1 Å². The van der Waals surface area contributed by atoms with Crippen molar-refractivity contribution in [2.24, 2.45) is 0 Å². The minimum Gasteiger partial charge on any atom is -0.298 e. The van der Waals surface area contributed by atoms with E-state index in [0.29, 0.717) is 5.92 Å². The molecule has 5 nitrogen and oxygen atoms in total. The zero-order valence-corrected chi connectivity index (χ0v) is 16.1. The lowest BCUT2D eigenvalue weighted by molar-refractivity contribution is 0.638. The fourth-order valence-corrected chi connectivity index (χ4v) is 3.98. The summed E-state index contributed by atoms with van der Waals surface area (Å²) in [6.07, 6.45) is 4.26. The monoisotopic (exact) mass is 347 g/mol. The number of imidazole rings is 2. The molecule has 0 spiro atoms. The van der Waals surface area contributed by atoms with Gasteiger partial charge in [0.2, 0.25) is 0 Å². The minimum absolute atomic E-state index is 0.497. The zero-order chi connectivity index (χ0) is 18.4. The van der Waals surface area contributed by atoms with Gasteiger partial charge in [0.25, 0.3) is 0 Å². The van der Waals surface area contributed by atoms with Crippen LogP contribution in [-0.2, 0) is 0 Å². The second-order valence-corrected chi connectivity index (χ2v) is 7.01. The maximum atomic E-state index is 4.93. The van der Waals surface area contributed by atoms with Gasteiger partial charge in [0.05, 0.1) is 22.8 Å². The second-order valence-electron chi connectivity index (χ2n) is 7.01. The summed E-state index contributed by atoms with van der Waals surface area (Å²) in [7, 11) is 0. The van der Waals surface area contributed by atoms with Crippen molar-refractivity contribution in [3.63, 3.8) is 0 Å². The molecule has 0 aliphatic carbocycles. The number of nitrogens with zero attached hydrogens (tertiary/aromatic N) is 5. The second kappa shape index (κ2) is 6.24. The van der Waals surface area contributed by atoms with E-state index in [2.05, 4.69) is 51.3 Å². The highest BCUT2D eigenvalue weighted by atomic mass is 15.3. The maximum absolute atomic E-state index is 4.93. The van der Waals surface area contributed by atoms with E-state index in [9.17, 15) is 0 Å². The predicted molar refractivity (Wildman–Crippen MR) is 105 cm³/mol. The highest BCUT2D eigenvalue weighted by molar-refractivity contribution is 5.70. The van der Waals surface area contributed by atoms with Gasteiger partial charge in [-0.25, -0.2) is 14.5 Å². The van der Waals surface area contributed by atoms with Crippen LogP contribution in [-0.4, -0.2) is 24.0 Å². The summed E-state index contributed by atoms with van der Waals surface area (Å²) < 4.78 is 4.16. The molecule has 0 radical (unpaired) electrons. The molecular formula is C21H25N5. The lowest BCUT2D eigenvalue weighted by Gasteiger charge is -2.14. The summed E-state index contributed by atoms with van der Waals surface area (Å²) in [4.78, 5) is 9.66. The van der Waals surface area contributed by atoms with Crippen molar-refractivity contribution in [2.75, 3.05) is 0 Å². The Balaban J connectivity index is 2.08. The van der Waals surface area contributed by atoms with Crippen LogP contribution in [0.1, 0.15) is 55.3 Å². The summed E-state index contributed by atoms with van der Waals surface area (Å²) in [6.45, 7) is 10.7. The number of aryl methyl sites for hydroxylation is 3. The van der Waals surface area contributed by atoms with Crippen molar-refractivity contribution in [3.8, 4) is 11.4 Å². The number of rotatable bonds is 4. The molecule has 0 aromatic carbocycles. The van der Waals surface area contributed by atoms with Crippen LogP contribution in [0.15, 0.2) is 30.5 Å². The first-order valence-electron chi connectivity index (χ1n) is 9.36. The van der Waals surface area contributed by atoms with Crippen molar-refractivity contribution < 1.29 is 0 Å². The molecule has 4 rings (SSSR count). The van der Waals surface area contributed by atoms with Gasteiger partial charge in [0.15, 0.2) is 5.65 Å². The highest BCUT2D eigenvalue weighted by Gasteiger charge is 2.22. The van der Waals surface area contributed by atoms with Crippen molar-refractivity contribution in [1.29, 1.82) is 0 Å². The normalized spacial score (nSPS) is 11.9. The summed E-state index contributed by atoms with van der Waals surface area (Å²) >= 11 is 0. The molecule has 4 heterocycles. The van der Waals surface area contributed by atoms with E-state index in [1.54, 1.807) is 0 Å². The molecule has 0 bridgehead atoms. The third-order valence-corrected chi connectivity index (χ3v) is 5.26. The van der Waals surface area contributed by atoms with Crippen LogP contribution in [0.5, 0.6) is 0 Å². The lowest BCUT2D eigenvalue weighted by atomic mass is 9.95. The van der Waals surface area contributed by atoms with Crippen molar-refractivity contribution in [1.82, 2.24) is 24.0 Å². The topological polar surface area (TPSA) is 47.5 Å². The van der Waals surface area contributed by atoms with Gasteiger partial charge in [-0.05, 0) is 57.7 Å². The molecule has 4 aromatic heterocycles. The fraction of sp³-hybridized carbons (Fsp3) is 0.381. The molecule has 0 fully saturated rings. The largest absolute Gasteiger partial charge is 0.298 e. The van der Waals surface area contributed by atoms with Gasteiger partial charge >= 0.3 is 0 Å². The molecule has 5 heteroatoms. The molecule has 0 aliphatic heterocycles. The molecule has 4 aromatic rings. The summed E-state index contributed by atoms with van der Waals surface area (Å²) in [5, 5.41) is 4.83. The van der Waals surface area contributed by atoms with Crippen LogP contribution in [0.2, 0.25) is 0 Å². The third-order valence-electron chi connectivity index (χ3n) is 5.26. The maximum Gasteiger partial charge on any atom is 0.158 e. The van der Waals surface area contributed by atoms with Crippen molar-refractivity contribution in [2.45, 2.75) is 53.4 Å². The fourth-order valence-electron chi connectivity index (χ4n) is 3.98. The number of hydrogen-bond acceptors (Lipinski definition) is 3. The van der Waals surface area contributed by atoms with E-state index in [1.807, 2.05) is 22.7 Å². The average Bonchev–Trinajstić information content (AvgIpc) is 3.11. The Morgan fingerprint density at radius 3 is 2.42 bits per heavy atom. The average molecular weight is 347 g/mol. The summed E-state index contributed by atoms with van der Waals surface area (Å²) in [6, 6.07) is 8.28. The van der Waals surface area contributed by atoms with Gasteiger partial charge in [-0.1, -0.05) is 19.9 Å². The van der Waals surface area contributed by atoms with E-state index >= 15 is 0 Å². The molecule has 0 aliphatic rings. The van der Waals surface area contributed by atoms with E-state index in [1.165, 1.54) is 5.56 Å². The van der Waals surface area contributed by atoms with Crippen LogP contribution in [0, 0.1) is 20.8 Å². The van der Waals surface area contributed by atoms with Gasteiger partial charge in [0.1, 0.15) is 11.3 Å². The molecule has 134 valence electrons. The molecule has 0 saturated carbocycles. The Hall–Kier alpha value is -2.69. The predicted octanol–water partition coefficient (Wildman–Crippen LogP) is 4.87. The highest BCUT2D eigenvalue weighted by Crippen LogP contribution is 2.33. The van der Waals surface area contributed by atoms with Crippen molar-refractivity contribution in [3.05, 3.63) is 53.1 Å². The minimum atomic E-state index is 0.497. The molecule has 0 unspecified atom stereocenters. The number of pyridine rings is 1. The van der Waals surface area contributed by atoms with Crippen LogP contribution >= 0.6 is 0 Å². The van der Waals surface area contributed by atoms with Crippen LogP contribution in [0.3, 0.4) is 0 Å². The Morgan fingerprint density at radius 2 is 1.69 bits per heavy atom. The summed E-state index contributed by atoms with van der Waals surface area (Å²) in [5.74, 6) is 0.497. The first kappa shape index (κ1) is 16.8.